The molecule has 0 aliphatic heterocycles. The van der Waals surface area contributed by atoms with E-state index < -0.39 is 0 Å². The summed E-state index contributed by atoms with van der Waals surface area (Å²) < 4.78 is 7.70. The molecule has 8 heteroatoms. The summed E-state index contributed by atoms with van der Waals surface area (Å²) in [5, 5.41) is 12.6. The van der Waals surface area contributed by atoms with Gasteiger partial charge in [0.1, 0.15) is 5.75 Å². The van der Waals surface area contributed by atoms with Gasteiger partial charge in [0.25, 0.3) is 0 Å². The molecular weight excluding hydrogens is 458 g/mol. The van der Waals surface area contributed by atoms with Crippen molar-refractivity contribution in [3.8, 4) is 22.8 Å². The summed E-state index contributed by atoms with van der Waals surface area (Å²) in [4.78, 5) is 17.1. The first-order chi connectivity index (χ1) is 17.2. The number of nitrogens with zero attached hydrogens (tertiary/aromatic N) is 4. The second-order valence-electron chi connectivity index (χ2n) is 7.78. The first-order valence-electron chi connectivity index (χ1n) is 11.8. The lowest BCUT2D eigenvalue weighted by Crippen LogP contribution is -2.15. The Kier molecular flexibility index (Phi) is 8.15. The molecule has 0 radical (unpaired) electrons. The van der Waals surface area contributed by atoms with Gasteiger partial charge in [-0.25, -0.2) is 0 Å². The number of carbonyl (C=O) groups excluding carboxylic acids is 1. The summed E-state index contributed by atoms with van der Waals surface area (Å²) in [7, 11) is 0. The highest BCUT2D eigenvalue weighted by Gasteiger charge is 2.21. The Bertz CT molecular complexity index is 1270. The van der Waals surface area contributed by atoms with Crippen molar-refractivity contribution in [2.45, 2.75) is 38.8 Å². The quantitative estimate of drug-likeness (QED) is 0.294. The summed E-state index contributed by atoms with van der Waals surface area (Å²) >= 11 is 1.36. The maximum atomic E-state index is 12.9. The molecule has 4 rings (SSSR count). The number of aryl methyl sites for hydroxylation is 2. The van der Waals surface area contributed by atoms with E-state index in [-0.39, 0.29) is 11.7 Å². The third kappa shape index (κ3) is 5.54. The molecule has 0 spiro atoms. The first-order valence-corrected chi connectivity index (χ1v) is 12.8. The molecule has 0 bridgehead atoms. The second-order valence-corrected chi connectivity index (χ2v) is 8.72. The Morgan fingerprint density at radius 3 is 2.43 bits per heavy atom. The van der Waals surface area contributed by atoms with E-state index in [1.165, 1.54) is 22.9 Å². The average molecular weight is 488 g/mol. The van der Waals surface area contributed by atoms with Gasteiger partial charge in [0.15, 0.2) is 11.0 Å². The second kappa shape index (κ2) is 11.7. The predicted molar refractivity (Wildman–Crippen MR) is 140 cm³/mol. The van der Waals surface area contributed by atoms with Crippen molar-refractivity contribution in [1.82, 2.24) is 19.7 Å². The number of thioether (sulfide) groups is 1. The lowest BCUT2D eigenvalue weighted by atomic mass is 10.0. The van der Waals surface area contributed by atoms with Crippen molar-refractivity contribution < 1.29 is 9.53 Å². The third-order valence-electron chi connectivity index (χ3n) is 5.54. The van der Waals surface area contributed by atoms with Gasteiger partial charge in [-0.2, -0.15) is 0 Å². The van der Waals surface area contributed by atoms with Gasteiger partial charge in [-0.3, -0.25) is 14.3 Å². The SMILES string of the molecule is CCOc1ccccc1NC(=O)CSc1nnc(-c2cccnc2)n1-c1c(CC)cccc1CC. The van der Waals surface area contributed by atoms with Gasteiger partial charge in [-0.05, 0) is 55.2 Å². The lowest BCUT2D eigenvalue weighted by Gasteiger charge is -2.18. The molecule has 0 saturated carbocycles. The standard InChI is InChI=1S/C27H29N5O2S/c1-4-19-11-9-12-20(5-2)25(19)32-26(21-13-10-16-28-17-21)30-31-27(32)35-18-24(33)29-22-14-7-8-15-23(22)34-6-3/h7-17H,4-6,18H2,1-3H3,(H,29,33). The van der Waals surface area contributed by atoms with E-state index in [9.17, 15) is 4.79 Å². The molecule has 2 aromatic heterocycles. The van der Waals surface area contributed by atoms with Crippen LogP contribution in [0, 0.1) is 0 Å². The van der Waals surface area contributed by atoms with Crippen LogP contribution in [-0.2, 0) is 17.6 Å². The van der Waals surface area contributed by atoms with Gasteiger partial charge in [-0.15, -0.1) is 10.2 Å². The smallest absolute Gasteiger partial charge is 0.234 e. The number of aromatic nitrogens is 4. The van der Waals surface area contributed by atoms with E-state index in [0.717, 1.165) is 24.1 Å². The molecule has 0 fully saturated rings. The maximum absolute atomic E-state index is 12.9. The Balaban J connectivity index is 1.67. The minimum Gasteiger partial charge on any atom is -0.492 e. The summed E-state index contributed by atoms with van der Waals surface area (Å²) in [5.74, 6) is 1.40. The minimum atomic E-state index is -0.140. The van der Waals surface area contributed by atoms with Crippen molar-refractivity contribution in [2.24, 2.45) is 0 Å². The summed E-state index contributed by atoms with van der Waals surface area (Å²) in [5.41, 5.74) is 5.00. The number of nitrogens with one attached hydrogen (secondary N) is 1. The molecule has 1 N–H and O–H groups in total. The minimum absolute atomic E-state index is 0.140. The number of rotatable bonds is 10. The number of ether oxygens (including phenoxy) is 1. The Morgan fingerprint density at radius 2 is 1.74 bits per heavy atom. The van der Waals surface area contributed by atoms with Gasteiger partial charge in [0, 0.05) is 18.0 Å². The fourth-order valence-electron chi connectivity index (χ4n) is 3.92. The van der Waals surface area contributed by atoms with Gasteiger partial charge >= 0.3 is 0 Å². The zero-order valence-electron chi connectivity index (χ0n) is 20.2. The topological polar surface area (TPSA) is 81.9 Å². The number of para-hydroxylation sites is 3. The normalized spacial score (nSPS) is 10.8. The Morgan fingerprint density at radius 1 is 0.971 bits per heavy atom. The van der Waals surface area contributed by atoms with Crippen LogP contribution < -0.4 is 10.1 Å². The molecule has 0 atom stereocenters. The molecule has 0 aliphatic carbocycles. The molecule has 35 heavy (non-hydrogen) atoms. The average Bonchev–Trinajstić information content (AvgIpc) is 3.32. The highest BCUT2D eigenvalue weighted by Crippen LogP contribution is 2.32. The molecule has 2 aromatic carbocycles. The Labute approximate surface area is 210 Å². The van der Waals surface area contributed by atoms with Gasteiger partial charge in [-0.1, -0.05) is 55.9 Å². The van der Waals surface area contributed by atoms with E-state index >= 15 is 0 Å². The number of amides is 1. The van der Waals surface area contributed by atoms with Gasteiger partial charge in [0.2, 0.25) is 5.91 Å². The van der Waals surface area contributed by atoms with Crippen molar-refractivity contribution in [2.75, 3.05) is 17.7 Å². The van der Waals surface area contributed by atoms with Crippen LogP contribution in [-0.4, -0.2) is 38.0 Å². The van der Waals surface area contributed by atoms with E-state index in [1.807, 2.05) is 43.3 Å². The van der Waals surface area contributed by atoms with Crippen molar-refractivity contribution in [3.05, 3.63) is 78.1 Å². The molecule has 0 aliphatic rings. The highest BCUT2D eigenvalue weighted by atomic mass is 32.2. The molecule has 0 unspecified atom stereocenters. The molecule has 180 valence electrons. The number of hydrogen-bond acceptors (Lipinski definition) is 6. The number of pyridine rings is 1. The third-order valence-corrected chi connectivity index (χ3v) is 6.46. The lowest BCUT2D eigenvalue weighted by molar-refractivity contribution is -0.113. The number of hydrogen-bond donors (Lipinski definition) is 1. The van der Waals surface area contributed by atoms with Crippen molar-refractivity contribution in [1.29, 1.82) is 0 Å². The van der Waals surface area contributed by atoms with Gasteiger partial charge < -0.3 is 10.1 Å². The van der Waals surface area contributed by atoms with Crippen LogP contribution in [0.2, 0.25) is 0 Å². The van der Waals surface area contributed by atoms with Crippen LogP contribution in [0.25, 0.3) is 17.1 Å². The first kappa shape index (κ1) is 24.5. The maximum Gasteiger partial charge on any atom is 0.234 e. The molecule has 1 amide bonds. The number of benzene rings is 2. The molecule has 0 saturated heterocycles. The summed E-state index contributed by atoms with van der Waals surface area (Å²) in [6, 6.07) is 17.6. The molecule has 2 heterocycles. The highest BCUT2D eigenvalue weighted by molar-refractivity contribution is 7.99. The fourth-order valence-corrected chi connectivity index (χ4v) is 4.65. The zero-order valence-corrected chi connectivity index (χ0v) is 21.0. The van der Waals surface area contributed by atoms with Crippen LogP contribution in [0.3, 0.4) is 0 Å². The van der Waals surface area contributed by atoms with Crippen molar-refractivity contribution in [3.63, 3.8) is 0 Å². The molecular formula is C27H29N5O2S. The van der Waals surface area contributed by atoms with Crippen molar-refractivity contribution >= 4 is 23.4 Å². The summed E-state index contributed by atoms with van der Waals surface area (Å²) in [6.45, 7) is 6.73. The summed E-state index contributed by atoms with van der Waals surface area (Å²) in [6.07, 6.45) is 5.26. The van der Waals surface area contributed by atoms with Crippen LogP contribution in [0.1, 0.15) is 31.9 Å². The fraction of sp³-hybridized carbons (Fsp3) is 0.259. The van der Waals surface area contributed by atoms with Crippen LogP contribution >= 0.6 is 11.8 Å². The van der Waals surface area contributed by atoms with E-state index in [0.29, 0.717) is 29.0 Å². The molecule has 4 aromatic rings. The van der Waals surface area contributed by atoms with E-state index in [1.54, 1.807) is 12.4 Å². The zero-order chi connectivity index (χ0) is 24.6. The monoisotopic (exact) mass is 487 g/mol. The van der Waals surface area contributed by atoms with E-state index in [4.69, 9.17) is 4.74 Å². The number of anilines is 1. The Hall–Kier alpha value is -3.65. The van der Waals surface area contributed by atoms with E-state index in [2.05, 4.69) is 57.1 Å². The number of carbonyl (C=O) groups is 1. The predicted octanol–water partition coefficient (Wildman–Crippen LogP) is 5.58. The van der Waals surface area contributed by atoms with Gasteiger partial charge in [0.05, 0.1) is 23.7 Å². The molecule has 7 nitrogen and oxygen atoms in total. The van der Waals surface area contributed by atoms with Crippen LogP contribution in [0.15, 0.2) is 72.1 Å². The largest absolute Gasteiger partial charge is 0.492 e. The van der Waals surface area contributed by atoms with Crippen LogP contribution in [0.4, 0.5) is 5.69 Å². The van der Waals surface area contributed by atoms with Crippen LogP contribution in [0.5, 0.6) is 5.75 Å².